The molecule has 0 aliphatic carbocycles. The molecule has 0 saturated carbocycles. The van der Waals surface area contributed by atoms with Crippen LogP contribution in [0.4, 0.5) is 5.69 Å². The SMILES string of the molecule is CC[C@H](C(=O)NC(C)C)N(Cc1cccc(OC)c1)C(=O)CN(c1ccc(C)cc1)S(=O)(=O)c1ccc(Cl)cc1. The molecule has 8 nitrogen and oxygen atoms in total. The van der Waals surface area contributed by atoms with E-state index >= 15 is 0 Å². The Balaban J connectivity index is 2.06. The van der Waals surface area contributed by atoms with E-state index in [0.717, 1.165) is 15.4 Å². The Morgan fingerprint density at radius 3 is 2.23 bits per heavy atom. The molecule has 3 aromatic carbocycles. The Labute approximate surface area is 241 Å². The summed E-state index contributed by atoms with van der Waals surface area (Å²) in [4.78, 5) is 28.7. The summed E-state index contributed by atoms with van der Waals surface area (Å²) < 4.78 is 34.1. The summed E-state index contributed by atoms with van der Waals surface area (Å²) in [6, 6.07) is 18.9. The van der Waals surface area contributed by atoms with Crippen molar-refractivity contribution in [1.29, 1.82) is 0 Å². The number of nitrogens with one attached hydrogen (secondary N) is 1. The van der Waals surface area contributed by atoms with E-state index in [4.69, 9.17) is 16.3 Å². The lowest BCUT2D eigenvalue weighted by Gasteiger charge is -2.33. The highest BCUT2D eigenvalue weighted by atomic mass is 35.5. The maximum atomic E-state index is 14.1. The Kier molecular flexibility index (Phi) is 10.6. The normalized spacial score (nSPS) is 12.1. The molecular weight excluding hydrogens is 550 g/mol. The second-order valence-corrected chi connectivity index (χ2v) is 12.1. The van der Waals surface area contributed by atoms with E-state index in [9.17, 15) is 18.0 Å². The summed E-state index contributed by atoms with van der Waals surface area (Å²) in [5, 5.41) is 3.28. The molecule has 0 saturated heterocycles. The fourth-order valence-electron chi connectivity index (χ4n) is 4.24. The summed E-state index contributed by atoms with van der Waals surface area (Å²) in [6.07, 6.45) is 0.336. The van der Waals surface area contributed by atoms with E-state index in [-0.39, 0.29) is 23.4 Å². The van der Waals surface area contributed by atoms with Gasteiger partial charge in [0.2, 0.25) is 11.8 Å². The van der Waals surface area contributed by atoms with Crippen molar-refractivity contribution >= 4 is 39.1 Å². The van der Waals surface area contributed by atoms with Gasteiger partial charge < -0.3 is 15.0 Å². The largest absolute Gasteiger partial charge is 0.497 e. The number of benzene rings is 3. The molecule has 0 aromatic heterocycles. The lowest BCUT2D eigenvalue weighted by Crippen LogP contribution is -2.53. The van der Waals surface area contributed by atoms with Gasteiger partial charge in [-0.15, -0.1) is 0 Å². The van der Waals surface area contributed by atoms with Gasteiger partial charge in [0.15, 0.2) is 0 Å². The molecule has 2 amide bonds. The Morgan fingerprint density at radius 2 is 1.65 bits per heavy atom. The number of nitrogens with zero attached hydrogens (tertiary/aromatic N) is 2. The quantitative estimate of drug-likeness (QED) is 0.316. The van der Waals surface area contributed by atoms with Crippen LogP contribution in [0.2, 0.25) is 5.02 Å². The van der Waals surface area contributed by atoms with E-state index in [0.29, 0.717) is 22.9 Å². The van der Waals surface area contributed by atoms with Crippen molar-refractivity contribution in [2.75, 3.05) is 18.0 Å². The minimum absolute atomic E-state index is 0.00536. The van der Waals surface area contributed by atoms with Gasteiger partial charge in [0.25, 0.3) is 10.0 Å². The molecule has 40 heavy (non-hydrogen) atoms. The van der Waals surface area contributed by atoms with Crippen LogP contribution in [0.1, 0.15) is 38.3 Å². The molecule has 1 atom stereocenters. The van der Waals surface area contributed by atoms with Gasteiger partial charge in [-0.1, -0.05) is 48.4 Å². The number of carbonyl (C=O) groups excluding carboxylic acids is 2. The van der Waals surface area contributed by atoms with Crippen molar-refractivity contribution < 1.29 is 22.7 Å². The van der Waals surface area contributed by atoms with Crippen LogP contribution in [0.3, 0.4) is 0 Å². The first-order valence-corrected chi connectivity index (χ1v) is 14.9. The highest BCUT2D eigenvalue weighted by Crippen LogP contribution is 2.26. The van der Waals surface area contributed by atoms with Gasteiger partial charge in [-0.3, -0.25) is 13.9 Å². The van der Waals surface area contributed by atoms with E-state index < -0.39 is 28.5 Å². The first-order chi connectivity index (χ1) is 19.0. The van der Waals surface area contributed by atoms with Crippen LogP contribution in [-0.2, 0) is 26.2 Å². The Hall–Kier alpha value is -3.56. The third-order valence-electron chi connectivity index (χ3n) is 6.31. The average Bonchev–Trinajstić information content (AvgIpc) is 2.92. The molecule has 0 aliphatic heterocycles. The van der Waals surface area contributed by atoms with Gasteiger partial charge in [0.1, 0.15) is 18.3 Å². The van der Waals surface area contributed by atoms with Crippen LogP contribution in [0, 0.1) is 6.92 Å². The van der Waals surface area contributed by atoms with Gasteiger partial charge in [-0.2, -0.15) is 0 Å². The van der Waals surface area contributed by atoms with Crippen molar-refractivity contribution in [2.24, 2.45) is 0 Å². The van der Waals surface area contributed by atoms with E-state index in [1.807, 2.05) is 33.8 Å². The molecule has 0 unspecified atom stereocenters. The molecule has 0 heterocycles. The third-order valence-corrected chi connectivity index (χ3v) is 8.35. The molecule has 1 N–H and O–H groups in total. The van der Waals surface area contributed by atoms with Crippen LogP contribution in [0.5, 0.6) is 5.75 Å². The van der Waals surface area contributed by atoms with Gasteiger partial charge >= 0.3 is 0 Å². The number of sulfonamides is 1. The monoisotopic (exact) mass is 585 g/mol. The van der Waals surface area contributed by atoms with Crippen molar-refractivity contribution in [3.05, 3.63) is 88.9 Å². The van der Waals surface area contributed by atoms with Crippen molar-refractivity contribution in [3.8, 4) is 5.75 Å². The first kappa shape index (κ1) is 31.0. The summed E-state index contributed by atoms with van der Waals surface area (Å²) in [5.41, 5.74) is 2.01. The van der Waals surface area contributed by atoms with Crippen molar-refractivity contribution in [2.45, 2.75) is 57.6 Å². The number of halogens is 1. The maximum Gasteiger partial charge on any atom is 0.264 e. The topological polar surface area (TPSA) is 96.0 Å². The number of aryl methyl sites for hydroxylation is 1. The number of methoxy groups -OCH3 is 1. The lowest BCUT2D eigenvalue weighted by atomic mass is 10.1. The van der Waals surface area contributed by atoms with Crippen LogP contribution >= 0.6 is 11.6 Å². The minimum atomic E-state index is -4.16. The Bertz CT molecular complexity index is 1410. The molecule has 3 rings (SSSR count). The molecule has 3 aromatic rings. The lowest BCUT2D eigenvalue weighted by molar-refractivity contribution is -0.140. The van der Waals surface area contributed by atoms with Gasteiger partial charge in [-0.25, -0.2) is 8.42 Å². The number of hydrogen-bond donors (Lipinski definition) is 1. The molecule has 10 heteroatoms. The van der Waals surface area contributed by atoms with Crippen LogP contribution in [0.15, 0.2) is 77.7 Å². The average molecular weight is 586 g/mol. The van der Waals surface area contributed by atoms with Crippen molar-refractivity contribution in [3.63, 3.8) is 0 Å². The first-order valence-electron chi connectivity index (χ1n) is 13.0. The number of anilines is 1. The summed E-state index contributed by atoms with van der Waals surface area (Å²) in [5.74, 6) is -0.223. The molecule has 0 spiro atoms. The highest BCUT2D eigenvalue weighted by molar-refractivity contribution is 7.92. The zero-order valence-electron chi connectivity index (χ0n) is 23.4. The van der Waals surface area contributed by atoms with E-state index in [1.54, 1.807) is 49.6 Å². The van der Waals surface area contributed by atoms with Crippen LogP contribution in [0.25, 0.3) is 0 Å². The number of rotatable bonds is 12. The fraction of sp³-hybridized carbons (Fsp3) is 0.333. The number of ether oxygens (including phenoxy) is 1. The second kappa shape index (κ2) is 13.7. The molecule has 0 aliphatic rings. The molecule has 0 fully saturated rings. The summed E-state index contributed by atoms with van der Waals surface area (Å²) >= 11 is 6.00. The smallest absolute Gasteiger partial charge is 0.264 e. The molecule has 0 radical (unpaired) electrons. The van der Waals surface area contributed by atoms with E-state index in [1.165, 1.54) is 29.2 Å². The van der Waals surface area contributed by atoms with Crippen LogP contribution < -0.4 is 14.4 Å². The fourth-order valence-corrected chi connectivity index (χ4v) is 5.78. The van der Waals surface area contributed by atoms with Crippen molar-refractivity contribution in [1.82, 2.24) is 10.2 Å². The molecule has 214 valence electrons. The number of hydrogen-bond acceptors (Lipinski definition) is 5. The standard InChI is InChI=1S/C30H36ClN3O5S/c1-6-28(30(36)32-21(2)3)33(19-23-8-7-9-26(18-23)39-5)29(35)20-34(25-14-10-22(4)11-15-25)40(37,38)27-16-12-24(31)13-17-27/h7-18,21,28H,6,19-20H2,1-5H3,(H,32,36)/t28-/m1/s1. The van der Waals surface area contributed by atoms with E-state index in [2.05, 4.69) is 5.32 Å². The maximum absolute atomic E-state index is 14.1. The summed E-state index contributed by atoms with van der Waals surface area (Å²) in [6.45, 7) is 6.97. The van der Waals surface area contributed by atoms with Gasteiger partial charge in [0.05, 0.1) is 17.7 Å². The molecule has 0 bridgehead atoms. The third kappa shape index (κ3) is 7.76. The number of amides is 2. The zero-order valence-corrected chi connectivity index (χ0v) is 25.0. The van der Waals surface area contributed by atoms with Gasteiger partial charge in [0, 0.05) is 17.6 Å². The predicted octanol–water partition coefficient (Wildman–Crippen LogP) is 5.18. The van der Waals surface area contributed by atoms with Gasteiger partial charge in [-0.05, 0) is 81.3 Å². The highest BCUT2D eigenvalue weighted by Gasteiger charge is 2.33. The zero-order chi connectivity index (χ0) is 29.4. The minimum Gasteiger partial charge on any atom is -0.497 e. The second-order valence-electron chi connectivity index (χ2n) is 9.76. The van der Waals surface area contributed by atoms with Crippen LogP contribution in [-0.4, -0.2) is 50.9 Å². The number of carbonyl (C=O) groups is 2. The summed E-state index contributed by atoms with van der Waals surface area (Å²) in [7, 11) is -2.61. The predicted molar refractivity (Wildman–Crippen MR) is 158 cm³/mol. The molecular formula is C30H36ClN3O5S. The Morgan fingerprint density at radius 1 is 1.00 bits per heavy atom.